The number of nitrogens with zero attached hydrogens (tertiary/aromatic N) is 1. The van der Waals surface area contributed by atoms with Gasteiger partial charge in [0.15, 0.2) is 0 Å². The van der Waals surface area contributed by atoms with Crippen LogP contribution in [-0.2, 0) is 9.59 Å². The summed E-state index contributed by atoms with van der Waals surface area (Å²) in [7, 11) is 0. The summed E-state index contributed by atoms with van der Waals surface area (Å²) in [5, 5.41) is 0. The molecule has 0 spiro atoms. The maximum absolute atomic E-state index is 11.7. The lowest BCUT2D eigenvalue weighted by atomic mass is 10.5. The van der Waals surface area contributed by atoms with Crippen LogP contribution in [0.3, 0.4) is 0 Å². The SMILES string of the molecule is O=C1C=CCN1C(=O)C(F)(F)F. The van der Waals surface area contributed by atoms with Crippen LogP contribution in [0.15, 0.2) is 12.2 Å². The van der Waals surface area contributed by atoms with Gasteiger partial charge in [-0.3, -0.25) is 14.5 Å². The normalized spacial score (nSPS) is 17.2. The quantitative estimate of drug-likeness (QED) is 0.542. The molecule has 0 aliphatic carbocycles. The third-order valence-corrected chi connectivity index (χ3v) is 1.30. The van der Waals surface area contributed by atoms with Crippen molar-refractivity contribution in [3.63, 3.8) is 0 Å². The third-order valence-electron chi connectivity index (χ3n) is 1.30. The predicted molar refractivity (Wildman–Crippen MR) is 31.9 cm³/mol. The van der Waals surface area contributed by atoms with Crippen molar-refractivity contribution >= 4 is 11.8 Å². The molecule has 0 fully saturated rings. The van der Waals surface area contributed by atoms with Crippen molar-refractivity contribution in [2.24, 2.45) is 0 Å². The van der Waals surface area contributed by atoms with Crippen molar-refractivity contribution < 1.29 is 22.8 Å². The van der Waals surface area contributed by atoms with Gasteiger partial charge in [0.25, 0.3) is 5.91 Å². The Bertz CT molecular complexity index is 256. The Kier molecular flexibility index (Phi) is 1.91. The second kappa shape index (κ2) is 2.62. The number of hydrogen-bond acceptors (Lipinski definition) is 2. The molecule has 1 heterocycles. The molecule has 1 aliphatic heterocycles. The minimum atomic E-state index is -4.97. The van der Waals surface area contributed by atoms with Crippen molar-refractivity contribution in [2.45, 2.75) is 6.18 Å². The number of carbonyl (C=O) groups is 2. The van der Waals surface area contributed by atoms with Gasteiger partial charge in [-0.1, -0.05) is 6.08 Å². The van der Waals surface area contributed by atoms with E-state index in [1.807, 2.05) is 0 Å². The molecule has 0 atom stereocenters. The van der Waals surface area contributed by atoms with Gasteiger partial charge in [-0.2, -0.15) is 13.2 Å². The molecule has 0 unspecified atom stereocenters. The molecule has 0 saturated heterocycles. The fourth-order valence-corrected chi connectivity index (χ4v) is 0.775. The highest BCUT2D eigenvalue weighted by molar-refractivity contribution is 6.04. The van der Waals surface area contributed by atoms with Crippen molar-refractivity contribution in [3.05, 3.63) is 12.2 Å². The first-order valence-corrected chi connectivity index (χ1v) is 3.02. The van der Waals surface area contributed by atoms with E-state index in [2.05, 4.69) is 0 Å². The van der Waals surface area contributed by atoms with E-state index in [1.54, 1.807) is 0 Å². The molecule has 0 aromatic rings. The fraction of sp³-hybridized carbons (Fsp3) is 0.333. The molecule has 2 amide bonds. The maximum atomic E-state index is 11.7. The van der Waals surface area contributed by atoms with Gasteiger partial charge in [0.05, 0.1) is 0 Å². The number of carbonyl (C=O) groups excluding carboxylic acids is 2. The van der Waals surface area contributed by atoms with E-state index in [1.165, 1.54) is 6.08 Å². The summed E-state index contributed by atoms with van der Waals surface area (Å²) < 4.78 is 35.1. The number of hydrogen-bond donors (Lipinski definition) is 0. The second-order valence-corrected chi connectivity index (χ2v) is 2.15. The van der Waals surface area contributed by atoms with Crippen molar-refractivity contribution in [1.29, 1.82) is 0 Å². The third kappa shape index (κ3) is 1.46. The Morgan fingerprint density at radius 2 is 2.08 bits per heavy atom. The zero-order chi connectivity index (χ0) is 9.35. The highest BCUT2D eigenvalue weighted by Crippen LogP contribution is 2.19. The van der Waals surface area contributed by atoms with Crippen LogP contribution in [0.1, 0.15) is 0 Å². The van der Waals surface area contributed by atoms with Crippen LogP contribution in [-0.4, -0.2) is 29.4 Å². The Morgan fingerprint density at radius 1 is 1.50 bits per heavy atom. The van der Waals surface area contributed by atoms with Crippen molar-refractivity contribution in [3.8, 4) is 0 Å². The molecule has 0 aromatic carbocycles. The molecule has 12 heavy (non-hydrogen) atoms. The van der Waals surface area contributed by atoms with E-state index in [0.717, 1.165) is 6.08 Å². The zero-order valence-electron chi connectivity index (χ0n) is 5.76. The summed E-state index contributed by atoms with van der Waals surface area (Å²) in [5.74, 6) is -3.03. The highest BCUT2D eigenvalue weighted by atomic mass is 19.4. The summed E-state index contributed by atoms with van der Waals surface area (Å²) in [6.07, 6.45) is -2.84. The first-order valence-electron chi connectivity index (χ1n) is 3.02. The standard InChI is InChI=1S/C6H4F3NO2/c7-6(8,9)5(12)10-3-1-2-4(10)11/h1-2H,3H2. The van der Waals surface area contributed by atoms with E-state index >= 15 is 0 Å². The number of alkyl halides is 3. The van der Waals surface area contributed by atoms with E-state index in [9.17, 15) is 22.8 Å². The van der Waals surface area contributed by atoms with Crippen LogP contribution < -0.4 is 0 Å². The highest BCUT2D eigenvalue weighted by Gasteiger charge is 2.44. The smallest absolute Gasteiger partial charge is 0.269 e. The number of rotatable bonds is 0. The van der Waals surface area contributed by atoms with Crippen molar-refractivity contribution in [2.75, 3.05) is 6.54 Å². The molecule has 0 saturated carbocycles. The summed E-state index contributed by atoms with van der Waals surface area (Å²) >= 11 is 0. The van der Waals surface area contributed by atoms with E-state index < -0.39 is 18.0 Å². The van der Waals surface area contributed by atoms with Gasteiger partial charge < -0.3 is 0 Å². The molecule has 1 aliphatic rings. The van der Waals surface area contributed by atoms with Gasteiger partial charge >= 0.3 is 12.1 Å². The molecule has 1 rings (SSSR count). The molecule has 0 radical (unpaired) electrons. The minimum absolute atomic E-state index is 0.139. The van der Waals surface area contributed by atoms with Gasteiger partial charge in [-0.05, 0) is 0 Å². The number of amides is 2. The summed E-state index contributed by atoms with van der Waals surface area (Å²) in [4.78, 5) is 21.1. The molecule has 6 heteroatoms. The van der Waals surface area contributed by atoms with Crippen LogP contribution in [0.2, 0.25) is 0 Å². The molecule has 0 N–H and O–H groups in total. The van der Waals surface area contributed by atoms with Gasteiger partial charge in [-0.25, -0.2) is 0 Å². The lowest BCUT2D eigenvalue weighted by Crippen LogP contribution is -2.42. The topological polar surface area (TPSA) is 37.4 Å². The first kappa shape index (κ1) is 8.76. The Labute approximate surface area is 65.4 Å². The zero-order valence-corrected chi connectivity index (χ0v) is 5.76. The Morgan fingerprint density at radius 3 is 2.42 bits per heavy atom. The Balaban J connectivity index is 2.73. The largest absolute Gasteiger partial charge is 0.471 e. The second-order valence-electron chi connectivity index (χ2n) is 2.15. The van der Waals surface area contributed by atoms with Crippen LogP contribution in [0.25, 0.3) is 0 Å². The number of halogens is 3. The fourth-order valence-electron chi connectivity index (χ4n) is 0.775. The van der Waals surface area contributed by atoms with Crippen LogP contribution in [0.4, 0.5) is 13.2 Å². The van der Waals surface area contributed by atoms with E-state index in [-0.39, 0.29) is 11.4 Å². The van der Waals surface area contributed by atoms with Gasteiger partial charge in [0.1, 0.15) is 0 Å². The van der Waals surface area contributed by atoms with Gasteiger partial charge in [0.2, 0.25) is 0 Å². The molecular formula is C6H4F3NO2. The molecule has 3 nitrogen and oxygen atoms in total. The maximum Gasteiger partial charge on any atom is 0.471 e. The molecule has 66 valence electrons. The minimum Gasteiger partial charge on any atom is -0.269 e. The van der Waals surface area contributed by atoms with Crippen molar-refractivity contribution in [1.82, 2.24) is 4.90 Å². The van der Waals surface area contributed by atoms with Crippen LogP contribution in [0.5, 0.6) is 0 Å². The number of imide groups is 1. The predicted octanol–water partition coefficient (Wildman–Crippen LogP) is 0.474. The van der Waals surface area contributed by atoms with Crippen LogP contribution >= 0.6 is 0 Å². The Hall–Kier alpha value is -1.33. The van der Waals surface area contributed by atoms with E-state index in [0.29, 0.717) is 0 Å². The summed E-state index contributed by atoms with van der Waals surface area (Å²) in [5.41, 5.74) is 0. The van der Waals surface area contributed by atoms with Gasteiger partial charge in [-0.15, -0.1) is 0 Å². The monoisotopic (exact) mass is 179 g/mol. The molecule has 0 bridgehead atoms. The lowest BCUT2D eigenvalue weighted by Gasteiger charge is -2.14. The molecular weight excluding hydrogens is 175 g/mol. The molecule has 0 aromatic heterocycles. The lowest BCUT2D eigenvalue weighted by molar-refractivity contribution is -0.185. The summed E-state index contributed by atoms with van der Waals surface area (Å²) in [6, 6.07) is 0. The van der Waals surface area contributed by atoms with Crippen LogP contribution in [0, 0.1) is 0 Å². The average molecular weight is 179 g/mol. The van der Waals surface area contributed by atoms with E-state index in [4.69, 9.17) is 0 Å². The average Bonchev–Trinajstić information content (AvgIpc) is 2.31. The van der Waals surface area contributed by atoms with Gasteiger partial charge in [0, 0.05) is 12.6 Å². The first-order chi connectivity index (χ1) is 5.43. The summed E-state index contributed by atoms with van der Waals surface area (Å²) in [6.45, 7) is -0.294.